The monoisotopic (exact) mass is 212 g/mol. The van der Waals surface area contributed by atoms with Crippen molar-refractivity contribution in [2.45, 2.75) is 26.7 Å². The third-order valence-corrected chi connectivity index (χ3v) is 2.22. The zero-order valence-corrected chi connectivity index (χ0v) is 9.51. The van der Waals surface area contributed by atoms with Crippen molar-refractivity contribution >= 4 is 17.4 Å². The Balaban J connectivity index is 2.21. The van der Waals surface area contributed by atoms with Crippen LogP contribution in [0.5, 0.6) is 0 Å². The number of halogens is 1. The van der Waals surface area contributed by atoms with Crippen LogP contribution in [0.4, 0.5) is 5.82 Å². The Labute approximate surface area is 90.7 Å². The van der Waals surface area contributed by atoms with Gasteiger partial charge in [-0.05, 0) is 30.9 Å². The summed E-state index contributed by atoms with van der Waals surface area (Å²) in [5, 5.41) is 3.94. The summed E-state index contributed by atoms with van der Waals surface area (Å²) in [6.07, 6.45) is 4.09. The number of hydrogen-bond acceptors (Lipinski definition) is 2. The van der Waals surface area contributed by atoms with Crippen LogP contribution in [0.1, 0.15) is 26.7 Å². The summed E-state index contributed by atoms with van der Waals surface area (Å²) in [5.41, 5.74) is 0. The van der Waals surface area contributed by atoms with Crippen molar-refractivity contribution in [3.05, 3.63) is 23.4 Å². The van der Waals surface area contributed by atoms with E-state index in [0.29, 0.717) is 5.02 Å². The van der Waals surface area contributed by atoms with Crippen LogP contribution in [-0.2, 0) is 0 Å². The fraction of sp³-hybridized carbons (Fsp3) is 0.545. The second kappa shape index (κ2) is 5.86. The normalized spacial score (nSPS) is 10.6. The van der Waals surface area contributed by atoms with Gasteiger partial charge >= 0.3 is 0 Å². The zero-order chi connectivity index (χ0) is 10.4. The molecule has 1 N–H and O–H groups in total. The lowest BCUT2D eigenvalue weighted by atomic mass is 10.1. The Morgan fingerprint density at radius 3 is 2.79 bits per heavy atom. The van der Waals surface area contributed by atoms with Gasteiger partial charge < -0.3 is 5.32 Å². The molecule has 0 aliphatic heterocycles. The van der Waals surface area contributed by atoms with Crippen LogP contribution in [0.15, 0.2) is 18.3 Å². The molecular formula is C11H17ClN2. The van der Waals surface area contributed by atoms with E-state index in [9.17, 15) is 0 Å². The molecule has 0 aliphatic rings. The topological polar surface area (TPSA) is 24.9 Å². The lowest BCUT2D eigenvalue weighted by Crippen LogP contribution is -2.04. The minimum absolute atomic E-state index is 0.678. The maximum Gasteiger partial charge on any atom is 0.125 e. The van der Waals surface area contributed by atoms with Crippen LogP contribution < -0.4 is 5.32 Å². The van der Waals surface area contributed by atoms with Crippen LogP contribution >= 0.6 is 11.6 Å². The van der Waals surface area contributed by atoms with Crippen LogP contribution in [-0.4, -0.2) is 11.5 Å². The molecule has 14 heavy (non-hydrogen) atoms. The fourth-order valence-corrected chi connectivity index (χ4v) is 1.32. The van der Waals surface area contributed by atoms with Gasteiger partial charge in [0, 0.05) is 12.7 Å². The minimum atomic E-state index is 0.678. The average Bonchev–Trinajstić information content (AvgIpc) is 2.15. The highest BCUT2D eigenvalue weighted by Crippen LogP contribution is 2.10. The van der Waals surface area contributed by atoms with Gasteiger partial charge in [0.25, 0.3) is 0 Å². The summed E-state index contributed by atoms with van der Waals surface area (Å²) in [7, 11) is 0. The summed E-state index contributed by atoms with van der Waals surface area (Å²) in [4.78, 5) is 4.15. The van der Waals surface area contributed by atoms with Gasteiger partial charge in [-0.2, -0.15) is 0 Å². The van der Waals surface area contributed by atoms with Crippen LogP contribution in [0.25, 0.3) is 0 Å². The largest absolute Gasteiger partial charge is 0.370 e. The Morgan fingerprint density at radius 2 is 2.21 bits per heavy atom. The van der Waals surface area contributed by atoms with E-state index in [0.717, 1.165) is 18.3 Å². The molecular weight excluding hydrogens is 196 g/mol. The SMILES string of the molecule is CC(C)CCCNc1ccc(Cl)cn1. The predicted octanol–water partition coefficient (Wildman–Crippen LogP) is 3.58. The predicted molar refractivity (Wildman–Crippen MR) is 61.8 cm³/mol. The zero-order valence-electron chi connectivity index (χ0n) is 8.76. The van der Waals surface area contributed by atoms with Crippen molar-refractivity contribution in [2.75, 3.05) is 11.9 Å². The van der Waals surface area contributed by atoms with Gasteiger partial charge in [-0.15, -0.1) is 0 Å². The molecule has 0 fully saturated rings. The van der Waals surface area contributed by atoms with E-state index >= 15 is 0 Å². The van der Waals surface area contributed by atoms with E-state index in [1.165, 1.54) is 12.8 Å². The molecule has 3 heteroatoms. The molecule has 0 aliphatic carbocycles. The first kappa shape index (κ1) is 11.3. The van der Waals surface area contributed by atoms with Gasteiger partial charge in [0.1, 0.15) is 5.82 Å². The number of rotatable bonds is 5. The molecule has 1 heterocycles. The number of aromatic nitrogens is 1. The second-order valence-electron chi connectivity index (χ2n) is 3.82. The minimum Gasteiger partial charge on any atom is -0.370 e. The van der Waals surface area contributed by atoms with Gasteiger partial charge in [0.2, 0.25) is 0 Å². The summed E-state index contributed by atoms with van der Waals surface area (Å²) in [6, 6.07) is 3.75. The molecule has 2 nitrogen and oxygen atoms in total. The van der Waals surface area contributed by atoms with E-state index < -0.39 is 0 Å². The summed E-state index contributed by atoms with van der Waals surface area (Å²) >= 11 is 5.72. The number of anilines is 1. The maximum absolute atomic E-state index is 5.72. The van der Waals surface area contributed by atoms with Crippen LogP contribution in [0, 0.1) is 5.92 Å². The van der Waals surface area contributed by atoms with Crippen molar-refractivity contribution in [3.8, 4) is 0 Å². The van der Waals surface area contributed by atoms with Gasteiger partial charge in [-0.3, -0.25) is 0 Å². The first-order valence-electron chi connectivity index (χ1n) is 5.04. The summed E-state index contributed by atoms with van der Waals surface area (Å²) in [5.74, 6) is 1.67. The van der Waals surface area contributed by atoms with Crippen LogP contribution in [0.3, 0.4) is 0 Å². The lowest BCUT2D eigenvalue weighted by molar-refractivity contribution is 0.566. The molecule has 0 saturated carbocycles. The Kier molecular flexibility index (Phi) is 4.74. The highest BCUT2D eigenvalue weighted by molar-refractivity contribution is 6.30. The lowest BCUT2D eigenvalue weighted by Gasteiger charge is -2.06. The molecule has 1 aromatic heterocycles. The van der Waals surface area contributed by atoms with E-state index in [2.05, 4.69) is 24.1 Å². The van der Waals surface area contributed by atoms with Crippen molar-refractivity contribution < 1.29 is 0 Å². The van der Waals surface area contributed by atoms with Gasteiger partial charge in [0.15, 0.2) is 0 Å². The van der Waals surface area contributed by atoms with Crippen molar-refractivity contribution in [3.63, 3.8) is 0 Å². The average molecular weight is 213 g/mol. The van der Waals surface area contributed by atoms with E-state index in [1.807, 2.05) is 12.1 Å². The van der Waals surface area contributed by atoms with E-state index in [4.69, 9.17) is 11.6 Å². The molecule has 1 aromatic rings. The smallest absolute Gasteiger partial charge is 0.125 e. The number of nitrogens with zero attached hydrogens (tertiary/aromatic N) is 1. The van der Waals surface area contributed by atoms with Crippen molar-refractivity contribution in [1.29, 1.82) is 0 Å². The van der Waals surface area contributed by atoms with Gasteiger partial charge in [-0.25, -0.2) is 4.98 Å². The molecule has 0 atom stereocenters. The third-order valence-electron chi connectivity index (χ3n) is 1.99. The Bertz CT molecular complexity index is 256. The molecule has 0 radical (unpaired) electrons. The second-order valence-corrected chi connectivity index (χ2v) is 4.26. The van der Waals surface area contributed by atoms with Gasteiger partial charge in [-0.1, -0.05) is 25.4 Å². The third kappa shape index (κ3) is 4.47. The number of nitrogens with one attached hydrogen (secondary N) is 1. The molecule has 0 bridgehead atoms. The van der Waals surface area contributed by atoms with Crippen molar-refractivity contribution in [1.82, 2.24) is 4.98 Å². The molecule has 1 rings (SSSR count). The fourth-order valence-electron chi connectivity index (χ4n) is 1.21. The number of hydrogen-bond donors (Lipinski definition) is 1. The Morgan fingerprint density at radius 1 is 1.43 bits per heavy atom. The number of pyridine rings is 1. The molecule has 0 saturated heterocycles. The molecule has 0 spiro atoms. The quantitative estimate of drug-likeness (QED) is 0.755. The van der Waals surface area contributed by atoms with Gasteiger partial charge in [0.05, 0.1) is 5.02 Å². The van der Waals surface area contributed by atoms with E-state index in [-0.39, 0.29) is 0 Å². The first-order valence-corrected chi connectivity index (χ1v) is 5.41. The van der Waals surface area contributed by atoms with Crippen molar-refractivity contribution in [2.24, 2.45) is 5.92 Å². The molecule has 0 amide bonds. The summed E-state index contributed by atoms with van der Waals surface area (Å²) in [6.45, 7) is 5.45. The maximum atomic E-state index is 5.72. The van der Waals surface area contributed by atoms with E-state index in [1.54, 1.807) is 6.20 Å². The highest BCUT2D eigenvalue weighted by atomic mass is 35.5. The molecule has 0 unspecified atom stereocenters. The standard InChI is InChI=1S/C11H17ClN2/c1-9(2)4-3-7-13-11-6-5-10(12)8-14-11/h5-6,8-9H,3-4,7H2,1-2H3,(H,13,14). The first-order chi connectivity index (χ1) is 6.68. The molecule has 78 valence electrons. The molecule has 0 aromatic carbocycles. The van der Waals surface area contributed by atoms with Crippen LogP contribution in [0.2, 0.25) is 5.02 Å². The highest BCUT2D eigenvalue weighted by Gasteiger charge is 1.95. The Hall–Kier alpha value is -0.760. The summed E-state index contributed by atoms with van der Waals surface area (Å²) < 4.78 is 0.